The lowest BCUT2D eigenvalue weighted by Crippen LogP contribution is -2.31. The van der Waals surface area contributed by atoms with Gasteiger partial charge < -0.3 is 15.4 Å². The molecule has 0 radical (unpaired) electrons. The minimum absolute atomic E-state index is 0.0434. The molecule has 130 valence electrons. The van der Waals surface area contributed by atoms with Crippen molar-refractivity contribution in [2.24, 2.45) is 0 Å². The lowest BCUT2D eigenvalue weighted by Gasteiger charge is -2.21. The van der Waals surface area contributed by atoms with Gasteiger partial charge in [0.25, 0.3) is 11.6 Å². The lowest BCUT2D eigenvalue weighted by molar-refractivity contribution is -0.384. The maximum Gasteiger partial charge on any atom is 0.341 e. The number of likely N-dealkylation sites (N-methyl/N-ethyl adjacent to an activating group) is 1. The number of nitrogen functional groups attached to an aromatic ring is 1. The molecule has 0 saturated carbocycles. The van der Waals surface area contributed by atoms with Crippen LogP contribution in [0.4, 0.5) is 11.4 Å². The molecule has 0 aliphatic carbocycles. The fraction of sp³-hybridized carbons (Fsp3) is 0.176. The standard InChI is InChI=1S/C17H17N3O5/c1-19(2)16(21)15(11-6-4-3-5-7-11)25-17(22)13-9-8-12(20(23)24)10-14(13)18/h3-10,15H,18H2,1-2H3/t15-/m1/s1. The van der Waals surface area contributed by atoms with Crippen LogP contribution in [-0.2, 0) is 9.53 Å². The summed E-state index contributed by atoms with van der Waals surface area (Å²) in [5.41, 5.74) is 5.84. The highest BCUT2D eigenvalue weighted by atomic mass is 16.6. The number of carbonyl (C=O) groups excluding carboxylic acids is 2. The minimum atomic E-state index is -1.14. The topological polar surface area (TPSA) is 116 Å². The van der Waals surface area contributed by atoms with E-state index in [1.807, 2.05) is 0 Å². The van der Waals surface area contributed by atoms with E-state index < -0.39 is 22.9 Å². The molecule has 25 heavy (non-hydrogen) atoms. The Morgan fingerprint density at radius 3 is 2.32 bits per heavy atom. The highest BCUT2D eigenvalue weighted by molar-refractivity contribution is 5.97. The molecule has 0 aliphatic rings. The normalized spacial score (nSPS) is 11.4. The molecule has 0 heterocycles. The molecule has 2 N–H and O–H groups in total. The van der Waals surface area contributed by atoms with Crippen molar-refractivity contribution in [1.29, 1.82) is 0 Å². The van der Waals surface area contributed by atoms with Crippen LogP contribution in [0.1, 0.15) is 22.0 Å². The minimum Gasteiger partial charge on any atom is -0.444 e. The number of carbonyl (C=O) groups is 2. The van der Waals surface area contributed by atoms with E-state index >= 15 is 0 Å². The Labute approximate surface area is 144 Å². The molecule has 0 unspecified atom stereocenters. The number of anilines is 1. The van der Waals surface area contributed by atoms with Crippen molar-refractivity contribution in [3.8, 4) is 0 Å². The number of amides is 1. The van der Waals surface area contributed by atoms with Crippen LogP contribution in [-0.4, -0.2) is 35.8 Å². The molecule has 1 atom stereocenters. The zero-order valence-electron chi connectivity index (χ0n) is 13.7. The summed E-state index contributed by atoms with van der Waals surface area (Å²) in [7, 11) is 3.10. The third-order valence-electron chi connectivity index (χ3n) is 3.46. The third kappa shape index (κ3) is 4.11. The zero-order valence-corrected chi connectivity index (χ0v) is 13.7. The van der Waals surface area contributed by atoms with Gasteiger partial charge in [-0.15, -0.1) is 0 Å². The van der Waals surface area contributed by atoms with Crippen LogP contribution in [0.2, 0.25) is 0 Å². The molecule has 2 rings (SSSR count). The summed E-state index contributed by atoms with van der Waals surface area (Å²) in [6, 6.07) is 12.0. The number of esters is 1. The van der Waals surface area contributed by atoms with Gasteiger partial charge in [-0.25, -0.2) is 4.79 Å². The van der Waals surface area contributed by atoms with Gasteiger partial charge in [-0.1, -0.05) is 30.3 Å². The van der Waals surface area contributed by atoms with Gasteiger partial charge in [-0.3, -0.25) is 14.9 Å². The average Bonchev–Trinajstić information content (AvgIpc) is 2.59. The van der Waals surface area contributed by atoms with Gasteiger partial charge in [-0.2, -0.15) is 0 Å². The van der Waals surface area contributed by atoms with Gasteiger partial charge in [-0.05, 0) is 6.07 Å². The Morgan fingerprint density at radius 1 is 1.16 bits per heavy atom. The second-order valence-corrected chi connectivity index (χ2v) is 5.46. The number of benzene rings is 2. The van der Waals surface area contributed by atoms with Crippen molar-refractivity contribution in [1.82, 2.24) is 4.90 Å². The number of nitrogens with two attached hydrogens (primary N) is 1. The van der Waals surface area contributed by atoms with E-state index in [1.165, 1.54) is 11.0 Å². The molecule has 1 amide bonds. The summed E-state index contributed by atoms with van der Waals surface area (Å²) in [5, 5.41) is 10.7. The van der Waals surface area contributed by atoms with Crippen LogP contribution in [0.25, 0.3) is 0 Å². The van der Waals surface area contributed by atoms with Crippen molar-refractivity contribution in [3.05, 3.63) is 69.8 Å². The molecule has 0 saturated heterocycles. The molecule has 0 fully saturated rings. The number of ether oxygens (including phenoxy) is 1. The van der Waals surface area contributed by atoms with Crippen molar-refractivity contribution in [2.45, 2.75) is 6.10 Å². The van der Waals surface area contributed by atoms with Crippen LogP contribution in [0.5, 0.6) is 0 Å². The van der Waals surface area contributed by atoms with Crippen molar-refractivity contribution >= 4 is 23.3 Å². The molecule has 8 nitrogen and oxygen atoms in total. The van der Waals surface area contributed by atoms with E-state index in [4.69, 9.17) is 10.5 Å². The first-order chi connectivity index (χ1) is 11.8. The number of nitrogens with zero attached hydrogens (tertiary/aromatic N) is 2. The molecule has 2 aromatic carbocycles. The largest absolute Gasteiger partial charge is 0.444 e. The summed E-state index contributed by atoms with van der Waals surface area (Å²) < 4.78 is 5.35. The van der Waals surface area contributed by atoms with E-state index in [-0.39, 0.29) is 16.9 Å². The molecule has 2 aromatic rings. The van der Waals surface area contributed by atoms with Gasteiger partial charge in [0.1, 0.15) is 0 Å². The van der Waals surface area contributed by atoms with Crippen LogP contribution in [0, 0.1) is 10.1 Å². The van der Waals surface area contributed by atoms with Crippen LogP contribution in [0.3, 0.4) is 0 Å². The monoisotopic (exact) mass is 343 g/mol. The highest BCUT2D eigenvalue weighted by Crippen LogP contribution is 2.25. The molecule has 0 bridgehead atoms. The second kappa shape index (κ2) is 7.43. The molecule has 0 spiro atoms. The Balaban J connectivity index is 2.31. The summed E-state index contributed by atoms with van der Waals surface area (Å²) in [6.45, 7) is 0. The predicted octanol–water partition coefficient (Wildman–Crippen LogP) is 2.16. The maximum atomic E-state index is 12.4. The van der Waals surface area contributed by atoms with E-state index in [9.17, 15) is 19.7 Å². The molecule has 8 heteroatoms. The summed E-state index contributed by atoms with van der Waals surface area (Å²) in [6.07, 6.45) is -1.14. The zero-order chi connectivity index (χ0) is 18.6. The SMILES string of the molecule is CN(C)C(=O)[C@H](OC(=O)c1ccc([N+](=O)[O-])cc1N)c1ccccc1. The number of non-ortho nitro benzene ring substituents is 1. The lowest BCUT2D eigenvalue weighted by atomic mass is 10.1. The van der Waals surface area contributed by atoms with Gasteiger partial charge in [0, 0.05) is 31.8 Å². The van der Waals surface area contributed by atoms with E-state index in [2.05, 4.69) is 0 Å². The number of rotatable bonds is 5. The Bertz CT molecular complexity index is 805. The Hall–Kier alpha value is -3.42. The molecule has 0 aliphatic heterocycles. The molecular formula is C17H17N3O5. The number of hydrogen-bond acceptors (Lipinski definition) is 6. The third-order valence-corrected chi connectivity index (χ3v) is 3.46. The highest BCUT2D eigenvalue weighted by Gasteiger charge is 2.28. The predicted molar refractivity (Wildman–Crippen MR) is 90.8 cm³/mol. The van der Waals surface area contributed by atoms with Gasteiger partial charge in [0.05, 0.1) is 16.2 Å². The maximum absolute atomic E-state index is 12.4. The number of hydrogen-bond donors (Lipinski definition) is 1. The van der Waals surface area contributed by atoms with Gasteiger partial charge >= 0.3 is 5.97 Å². The summed E-state index contributed by atoms with van der Waals surface area (Å²) in [5.74, 6) is -1.25. The summed E-state index contributed by atoms with van der Waals surface area (Å²) in [4.78, 5) is 36.2. The van der Waals surface area contributed by atoms with E-state index in [0.717, 1.165) is 12.1 Å². The van der Waals surface area contributed by atoms with Gasteiger partial charge in [0.15, 0.2) is 0 Å². The quantitative estimate of drug-likeness (QED) is 0.385. The first-order valence-electron chi connectivity index (χ1n) is 7.32. The molecule has 0 aromatic heterocycles. The Morgan fingerprint density at radius 2 is 1.80 bits per heavy atom. The first-order valence-corrected chi connectivity index (χ1v) is 7.32. The van der Waals surface area contributed by atoms with Crippen LogP contribution in [0.15, 0.2) is 48.5 Å². The first kappa shape index (κ1) is 17.9. The number of nitro benzene ring substituents is 1. The fourth-order valence-corrected chi connectivity index (χ4v) is 2.14. The van der Waals surface area contributed by atoms with Gasteiger partial charge in [0.2, 0.25) is 6.10 Å². The van der Waals surface area contributed by atoms with Crippen LogP contribution < -0.4 is 5.73 Å². The van der Waals surface area contributed by atoms with E-state index in [1.54, 1.807) is 44.4 Å². The summed E-state index contributed by atoms with van der Waals surface area (Å²) >= 11 is 0. The van der Waals surface area contributed by atoms with Crippen molar-refractivity contribution in [3.63, 3.8) is 0 Å². The van der Waals surface area contributed by atoms with Crippen LogP contribution >= 0.6 is 0 Å². The fourth-order valence-electron chi connectivity index (χ4n) is 2.14. The second-order valence-electron chi connectivity index (χ2n) is 5.46. The van der Waals surface area contributed by atoms with Crippen molar-refractivity contribution in [2.75, 3.05) is 19.8 Å². The van der Waals surface area contributed by atoms with E-state index in [0.29, 0.717) is 5.56 Å². The number of nitro groups is 1. The Kier molecular flexibility index (Phi) is 5.33. The van der Waals surface area contributed by atoms with Crippen molar-refractivity contribution < 1.29 is 19.2 Å². The average molecular weight is 343 g/mol. The smallest absolute Gasteiger partial charge is 0.341 e. The molecular weight excluding hydrogens is 326 g/mol.